The Hall–Kier alpha value is -3.05. The van der Waals surface area contributed by atoms with Crippen LogP contribution in [0.3, 0.4) is 0 Å². The van der Waals surface area contributed by atoms with Gasteiger partial charge in [-0.3, -0.25) is 9.36 Å². The molecular weight excluding hydrogens is 344 g/mol. The van der Waals surface area contributed by atoms with Gasteiger partial charge in [0.05, 0.1) is 27.6 Å². The molecule has 4 rings (SSSR count). The fourth-order valence-electron chi connectivity index (χ4n) is 3.26. The molecule has 0 spiro atoms. The van der Waals surface area contributed by atoms with Crippen LogP contribution in [0.15, 0.2) is 65.0 Å². The number of pyridine rings is 1. The maximum atomic E-state index is 13.4. The van der Waals surface area contributed by atoms with Crippen molar-refractivity contribution in [2.24, 2.45) is 0 Å². The summed E-state index contributed by atoms with van der Waals surface area (Å²) >= 11 is 1.58. The molecule has 2 heterocycles. The van der Waals surface area contributed by atoms with E-state index in [-0.39, 0.29) is 5.56 Å². The summed E-state index contributed by atoms with van der Waals surface area (Å²) in [6.45, 7) is 0. The van der Waals surface area contributed by atoms with Crippen molar-refractivity contribution >= 4 is 44.1 Å². The van der Waals surface area contributed by atoms with E-state index in [2.05, 4.69) is 0 Å². The van der Waals surface area contributed by atoms with Gasteiger partial charge in [0, 0.05) is 30.5 Å². The number of hydrogen-bond donors (Lipinski definition) is 1. The highest BCUT2D eigenvalue weighted by atomic mass is 32.1. The summed E-state index contributed by atoms with van der Waals surface area (Å²) in [6.07, 6.45) is 2.68. The van der Waals surface area contributed by atoms with E-state index in [1.54, 1.807) is 22.0 Å². The van der Waals surface area contributed by atoms with Gasteiger partial charge >= 0.3 is 0 Å². The van der Waals surface area contributed by atoms with Crippen molar-refractivity contribution in [3.63, 3.8) is 0 Å². The average molecular weight is 362 g/mol. The molecule has 0 aliphatic carbocycles. The van der Waals surface area contributed by atoms with Crippen LogP contribution in [0, 0.1) is 0 Å². The third-order valence-corrected chi connectivity index (χ3v) is 5.46. The van der Waals surface area contributed by atoms with Crippen molar-refractivity contribution in [3.8, 4) is 5.69 Å². The van der Waals surface area contributed by atoms with Gasteiger partial charge in [0.1, 0.15) is 0 Å². The standard InChI is InChI=1S/C21H18N2O2S/c1-22(2)18-13-26-20-16-12-14(10-11-24)8-9-17(16)23(21(25)19(18)20)15-6-4-3-5-7-15/h3-13,24H,1-2H3. The number of thiophene rings is 1. The molecule has 26 heavy (non-hydrogen) atoms. The van der Waals surface area contributed by atoms with Crippen LogP contribution in [0.2, 0.25) is 0 Å². The fourth-order valence-corrected chi connectivity index (χ4v) is 4.42. The third kappa shape index (κ3) is 2.48. The Balaban J connectivity index is 2.22. The summed E-state index contributed by atoms with van der Waals surface area (Å²) in [4.78, 5) is 15.4. The van der Waals surface area contributed by atoms with Crippen molar-refractivity contribution in [3.05, 3.63) is 76.1 Å². The van der Waals surface area contributed by atoms with Crippen LogP contribution in [0.4, 0.5) is 5.69 Å². The number of para-hydroxylation sites is 1. The molecule has 4 nitrogen and oxygen atoms in total. The number of rotatable bonds is 3. The Bertz CT molecular complexity index is 1190. The lowest BCUT2D eigenvalue weighted by molar-refractivity contribution is 0.478. The highest BCUT2D eigenvalue weighted by Crippen LogP contribution is 2.36. The smallest absolute Gasteiger partial charge is 0.266 e. The lowest BCUT2D eigenvalue weighted by Gasteiger charge is -2.15. The lowest BCUT2D eigenvalue weighted by Crippen LogP contribution is -2.20. The SMILES string of the molecule is CN(C)c1csc2c1c(=O)n(-c1ccccc1)c1ccc(C=CO)cc21. The Kier molecular flexibility index (Phi) is 4.01. The second-order valence-corrected chi connectivity index (χ2v) is 7.17. The van der Waals surface area contributed by atoms with Crippen LogP contribution in [-0.4, -0.2) is 23.8 Å². The minimum atomic E-state index is -0.0194. The van der Waals surface area contributed by atoms with Crippen molar-refractivity contribution in [1.82, 2.24) is 4.57 Å². The van der Waals surface area contributed by atoms with Crippen LogP contribution in [0.5, 0.6) is 0 Å². The topological polar surface area (TPSA) is 45.5 Å². The predicted octanol–water partition coefficient (Wildman–Crippen LogP) is 4.80. The quantitative estimate of drug-likeness (QED) is 0.533. The second-order valence-electron chi connectivity index (χ2n) is 6.29. The average Bonchev–Trinajstić information content (AvgIpc) is 3.09. The highest BCUT2D eigenvalue weighted by molar-refractivity contribution is 7.18. The molecule has 0 aliphatic rings. The van der Waals surface area contributed by atoms with Crippen molar-refractivity contribution in [2.75, 3.05) is 19.0 Å². The molecular formula is C21H18N2O2S. The molecule has 5 heteroatoms. The molecule has 1 N–H and O–H groups in total. The van der Waals surface area contributed by atoms with Crippen molar-refractivity contribution in [1.29, 1.82) is 0 Å². The summed E-state index contributed by atoms with van der Waals surface area (Å²) in [6, 6.07) is 15.5. The van der Waals surface area contributed by atoms with Crippen molar-refractivity contribution < 1.29 is 5.11 Å². The summed E-state index contributed by atoms with van der Waals surface area (Å²) in [7, 11) is 3.89. The molecule has 0 saturated carbocycles. The minimum Gasteiger partial charge on any atom is -0.516 e. The van der Waals surface area contributed by atoms with E-state index < -0.39 is 0 Å². The van der Waals surface area contributed by atoms with Crippen LogP contribution in [0.1, 0.15) is 5.56 Å². The number of aliphatic hydroxyl groups excluding tert-OH is 1. The number of fused-ring (bicyclic) bond motifs is 3. The zero-order chi connectivity index (χ0) is 18.3. The number of aromatic nitrogens is 1. The summed E-state index contributed by atoms with van der Waals surface area (Å²) in [5, 5.41) is 12.9. The number of hydrogen-bond acceptors (Lipinski definition) is 4. The summed E-state index contributed by atoms with van der Waals surface area (Å²) in [5.74, 6) is 0. The van der Waals surface area contributed by atoms with E-state index in [9.17, 15) is 4.79 Å². The molecule has 0 bridgehead atoms. The van der Waals surface area contributed by atoms with Gasteiger partial charge in [-0.1, -0.05) is 24.3 Å². The lowest BCUT2D eigenvalue weighted by atomic mass is 10.1. The van der Waals surface area contributed by atoms with E-state index in [0.717, 1.165) is 44.2 Å². The zero-order valence-corrected chi connectivity index (χ0v) is 15.3. The van der Waals surface area contributed by atoms with Crippen LogP contribution in [0.25, 0.3) is 32.8 Å². The number of aliphatic hydroxyl groups is 1. The normalized spacial score (nSPS) is 11.6. The first-order valence-corrected chi connectivity index (χ1v) is 9.13. The van der Waals surface area contributed by atoms with Crippen LogP contribution < -0.4 is 10.5 Å². The van der Waals surface area contributed by atoms with E-state index in [0.29, 0.717) is 0 Å². The van der Waals surface area contributed by atoms with Crippen molar-refractivity contribution in [2.45, 2.75) is 0 Å². The molecule has 0 aliphatic heterocycles. The molecule has 2 aromatic carbocycles. The molecule has 0 saturated heterocycles. The molecule has 130 valence electrons. The molecule has 4 aromatic rings. The predicted molar refractivity (Wildman–Crippen MR) is 111 cm³/mol. The summed E-state index contributed by atoms with van der Waals surface area (Å²) < 4.78 is 2.73. The number of anilines is 1. The van der Waals surface area contributed by atoms with Gasteiger partial charge < -0.3 is 10.0 Å². The van der Waals surface area contributed by atoms with E-state index in [1.807, 2.05) is 72.9 Å². The van der Waals surface area contributed by atoms with Crippen LogP contribution in [-0.2, 0) is 0 Å². The second kappa shape index (κ2) is 6.35. The van der Waals surface area contributed by atoms with Gasteiger partial charge in [-0.15, -0.1) is 11.3 Å². The first-order valence-electron chi connectivity index (χ1n) is 8.25. The molecule has 0 radical (unpaired) electrons. The molecule has 2 aromatic heterocycles. The maximum Gasteiger partial charge on any atom is 0.266 e. The maximum absolute atomic E-state index is 13.4. The van der Waals surface area contributed by atoms with Gasteiger partial charge in [-0.2, -0.15) is 0 Å². The van der Waals surface area contributed by atoms with E-state index in [1.165, 1.54) is 0 Å². The van der Waals surface area contributed by atoms with Gasteiger partial charge in [-0.25, -0.2) is 0 Å². The Labute approximate surface area is 154 Å². The Morgan fingerprint density at radius 1 is 1.12 bits per heavy atom. The van der Waals surface area contributed by atoms with Gasteiger partial charge in [-0.05, 0) is 35.9 Å². The molecule has 0 amide bonds. The first-order chi connectivity index (χ1) is 12.6. The highest BCUT2D eigenvalue weighted by Gasteiger charge is 2.18. The first kappa shape index (κ1) is 16.4. The van der Waals surface area contributed by atoms with E-state index in [4.69, 9.17) is 5.11 Å². The van der Waals surface area contributed by atoms with Gasteiger partial charge in [0.15, 0.2) is 0 Å². The Morgan fingerprint density at radius 2 is 1.88 bits per heavy atom. The Morgan fingerprint density at radius 3 is 2.58 bits per heavy atom. The molecule has 0 fully saturated rings. The molecule has 0 unspecified atom stereocenters. The monoisotopic (exact) mass is 362 g/mol. The largest absolute Gasteiger partial charge is 0.516 e. The third-order valence-electron chi connectivity index (χ3n) is 4.46. The molecule has 0 atom stereocenters. The van der Waals surface area contributed by atoms with E-state index >= 15 is 0 Å². The number of nitrogens with zero attached hydrogens (tertiary/aromatic N) is 2. The van der Waals surface area contributed by atoms with Gasteiger partial charge in [0.25, 0.3) is 5.56 Å². The summed E-state index contributed by atoms with van der Waals surface area (Å²) in [5.41, 5.74) is 3.49. The minimum absolute atomic E-state index is 0.0194. The fraction of sp³-hybridized carbons (Fsp3) is 0.0952. The zero-order valence-electron chi connectivity index (χ0n) is 14.5. The van der Waals surface area contributed by atoms with Crippen LogP contribution >= 0.6 is 11.3 Å². The number of benzene rings is 2. The van der Waals surface area contributed by atoms with Gasteiger partial charge in [0.2, 0.25) is 0 Å².